The summed E-state index contributed by atoms with van der Waals surface area (Å²) in [7, 11) is 0. The van der Waals surface area contributed by atoms with Gasteiger partial charge >= 0.3 is 0 Å². The van der Waals surface area contributed by atoms with Crippen molar-refractivity contribution in [2.45, 2.75) is 0 Å². The van der Waals surface area contributed by atoms with Crippen molar-refractivity contribution in [2.75, 3.05) is 16.8 Å². The molecule has 7 nitrogen and oxygen atoms in total. The van der Waals surface area contributed by atoms with Gasteiger partial charge in [0, 0.05) is 5.69 Å². The van der Waals surface area contributed by atoms with Gasteiger partial charge in [-0.15, -0.1) is 0 Å². The Labute approximate surface area is 183 Å². The smallest absolute Gasteiger partial charge is 0.266 e. The molecule has 3 aromatic rings. The van der Waals surface area contributed by atoms with Gasteiger partial charge in [-0.1, -0.05) is 30.3 Å². The molecule has 31 heavy (non-hydrogen) atoms. The molecule has 3 amide bonds. The summed E-state index contributed by atoms with van der Waals surface area (Å²) in [5.74, 6) is -0.533. The fraction of sp³-hybridized carbons (Fsp3) is 0.0435. The molecule has 0 spiro atoms. The minimum Gasteiger partial charge on any atom is -0.484 e. The maximum absolute atomic E-state index is 12.6. The standard InChI is InChI=1S/C23H17N3O4S/c27-20(14-30-17-6-2-1-3-7-17)25-23(31)24-15-10-12-16(13-11-15)26-21(28)18-8-4-5-9-19(18)22(26)29/h1-13H,14H2,(H2,24,25,27,31). The number of fused-ring (bicyclic) bond motifs is 1. The first-order valence-electron chi connectivity index (χ1n) is 9.39. The van der Waals surface area contributed by atoms with Crippen molar-refractivity contribution in [3.8, 4) is 5.75 Å². The second-order valence-corrected chi connectivity index (χ2v) is 7.05. The summed E-state index contributed by atoms with van der Waals surface area (Å²) in [6, 6.07) is 22.3. The molecule has 154 valence electrons. The first kappa shape index (κ1) is 20.2. The van der Waals surface area contributed by atoms with Gasteiger partial charge in [0.25, 0.3) is 17.7 Å². The van der Waals surface area contributed by atoms with Crippen LogP contribution in [0.4, 0.5) is 11.4 Å². The Morgan fingerprint density at radius 2 is 1.42 bits per heavy atom. The largest absolute Gasteiger partial charge is 0.484 e. The molecule has 1 aliphatic rings. The second kappa shape index (κ2) is 8.76. The van der Waals surface area contributed by atoms with Crippen LogP contribution in [0.5, 0.6) is 5.75 Å². The summed E-state index contributed by atoms with van der Waals surface area (Å²) in [5, 5.41) is 5.52. The van der Waals surface area contributed by atoms with Crippen LogP contribution in [-0.4, -0.2) is 29.4 Å². The molecule has 1 heterocycles. The second-order valence-electron chi connectivity index (χ2n) is 6.64. The van der Waals surface area contributed by atoms with Crippen molar-refractivity contribution in [3.63, 3.8) is 0 Å². The molecule has 4 rings (SSSR count). The summed E-state index contributed by atoms with van der Waals surface area (Å²) in [4.78, 5) is 38.2. The highest BCUT2D eigenvalue weighted by Gasteiger charge is 2.36. The van der Waals surface area contributed by atoms with Gasteiger partial charge in [0.2, 0.25) is 0 Å². The van der Waals surface area contributed by atoms with Crippen molar-refractivity contribution in [2.24, 2.45) is 0 Å². The molecule has 8 heteroatoms. The van der Waals surface area contributed by atoms with E-state index in [4.69, 9.17) is 17.0 Å². The van der Waals surface area contributed by atoms with Crippen LogP contribution in [0.25, 0.3) is 0 Å². The maximum atomic E-state index is 12.6. The van der Waals surface area contributed by atoms with Gasteiger partial charge in [-0.3, -0.25) is 19.7 Å². The molecule has 0 unspecified atom stereocenters. The predicted molar refractivity (Wildman–Crippen MR) is 120 cm³/mol. The highest BCUT2D eigenvalue weighted by atomic mass is 32.1. The number of amides is 3. The quantitative estimate of drug-likeness (QED) is 0.476. The first-order valence-corrected chi connectivity index (χ1v) is 9.80. The number of anilines is 2. The number of imide groups is 1. The lowest BCUT2D eigenvalue weighted by molar-refractivity contribution is -0.121. The van der Waals surface area contributed by atoms with E-state index in [2.05, 4.69) is 10.6 Å². The zero-order valence-electron chi connectivity index (χ0n) is 16.2. The fourth-order valence-corrected chi connectivity index (χ4v) is 3.34. The Morgan fingerprint density at radius 3 is 2.03 bits per heavy atom. The maximum Gasteiger partial charge on any atom is 0.266 e. The zero-order chi connectivity index (χ0) is 21.8. The molecule has 0 bridgehead atoms. The zero-order valence-corrected chi connectivity index (χ0v) is 17.0. The summed E-state index contributed by atoms with van der Waals surface area (Å²) < 4.78 is 5.37. The van der Waals surface area contributed by atoms with E-state index in [0.29, 0.717) is 28.3 Å². The van der Waals surface area contributed by atoms with E-state index in [-0.39, 0.29) is 23.5 Å². The van der Waals surface area contributed by atoms with Crippen LogP contribution in [0.1, 0.15) is 20.7 Å². The van der Waals surface area contributed by atoms with Crippen LogP contribution in [0.2, 0.25) is 0 Å². The van der Waals surface area contributed by atoms with Gasteiger partial charge in [-0.05, 0) is 60.7 Å². The summed E-state index contributed by atoms with van der Waals surface area (Å²) in [6.45, 7) is -0.176. The first-order chi connectivity index (χ1) is 15.0. The van der Waals surface area contributed by atoms with Gasteiger partial charge in [0.05, 0.1) is 16.8 Å². The highest BCUT2D eigenvalue weighted by molar-refractivity contribution is 7.80. The number of thiocarbonyl (C=S) groups is 1. The number of carbonyl (C=O) groups is 3. The fourth-order valence-electron chi connectivity index (χ4n) is 3.11. The van der Waals surface area contributed by atoms with Crippen molar-refractivity contribution in [1.29, 1.82) is 0 Å². The molecule has 0 saturated carbocycles. The minimum atomic E-state index is -0.399. The summed E-state index contributed by atoms with van der Waals surface area (Å²) in [5.41, 5.74) is 1.81. The van der Waals surface area contributed by atoms with E-state index in [9.17, 15) is 14.4 Å². The van der Waals surface area contributed by atoms with E-state index >= 15 is 0 Å². The molecule has 0 aromatic heterocycles. The third-order valence-electron chi connectivity index (χ3n) is 4.54. The minimum absolute atomic E-state index is 0.107. The Hall–Kier alpha value is -4.04. The number of rotatable bonds is 5. The van der Waals surface area contributed by atoms with Crippen LogP contribution >= 0.6 is 12.2 Å². The lowest BCUT2D eigenvalue weighted by atomic mass is 10.1. The number of ether oxygens (including phenoxy) is 1. The topological polar surface area (TPSA) is 87.7 Å². The Morgan fingerprint density at radius 1 is 0.839 bits per heavy atom. The van der Waals surface area contributed by atoms with E-state index < -0.39 is 5.91 Å². The molecule has 0 saturated heterocycles. The Bertz CT molecular complexity index is 1130. The van der Waals surface area contributed by atoms with E-state index in [1.54, 1.807) is 60.7 Å². The molecule has 2 N–H and O–H groups in total. The van der Waals surface area contributed by atoms with E-state index in [1.165, 1.54) is 0 Å². The van der Waals surface area contributed by atoms with Gasteiger partial charge in [-0.25, -0.2) is 4.90 Å². The van der Waals surface area contributed by atoms with Crippen LogP contribution in [-0.2, 0) is 4.79 Å². The van der Waals surface area contributed by atoms with Crippen LogP contribution in [0.3, 0.4) is 0 Å². The Kier molecular flexibility index (Phi) is 5.72. The lowest BCUT2D eigenvalue weighted by Gasteiger charge is -2.15. The molecule has 3 aromatic carbocycles. The number of benzene rings is 3. The van der Waals surface area contributed by atoms with Gasteiger partial charge < -0.3 is 10.1 Å². The predicted octanol–water partition coefficient (Wildman–Crippen LogP) is 3.38. The third kappa shape index (κ3) is 4.44. The monoisotopic (exact) mass is 431 g/mol. The van der Waals surface area contributed by atoms with Gasteiger partial charge in [0.1, 0.15) is 5.75 Å². The van der Waals surface area contributed by atoms with Crippen molar-refractivity contribution in [3.05, 3.63) is 90.0 Å². The molecule has 0 aliphatic carbocycles. The molecule has 0 fully saturated rings. The average Bonchev–Trinajstić information content (AvgIpc) is 3.04. The SMILES string of the molecule is O=C(COc1ccccc1)NC(=S)Nc1ccc(N2C(=O)c3ccccc3C2=O)cc1. The number of nitrogens with one attached hydrogen (secondary N) is 2. The van der Waals surface area contributed by atoms with E-state index in [0.717, 1.165) is 4.90 Å². The lowest BCUT2D eigenvalue weighted by Crippen LogP contribution is -2.37. The van der Waals surface area contributed by atoms with Crippen molar-refractivity contribution in [1.82, 2.24) is 5.32 Å². The van der Waals surface area contributed by atoms with Gasteiger partial charge in [0.15, 0.2) is 11.7 Å². The van der Waals surface area contributed by atoms with Crippen LogP contribution in [0, 0.1) is 0 Å². The van der Waals surface area contributed by atoms with Gasteiger partial charge in [-0.2, -0.15) is 0 Å². The number of hydrogen-bond donors (Lipinski definition) is 2. The third-order valence-corrected chi connectivity index (χ3v) is 4.75. The average molecular weight is 431 g/mol. The summed E-state index contributed by atoms with van der Waals surface area (Å²) >= 11 is 5.15. The number of carbonyl (C=O) groups excluding carboxylic acids is 3. The molecule has 0 radical (unpaired) electrons. The van der Waals surface area contributed by atoms with Crippen LogP contribution in [0.15, 0.2) is 78.9 Å². The Balaban J connectivity index is 1.33. The molecular formula is C23H17N3O4S. The molecule has 0 atom stereocenters. The van der Waals surface area contributed by atoms with Crippen molar-refractivity contribution >= 4 is 46.4 Å². The van der Waals surface area contributed by atoms with Crippen LogP contribution < -0.4 is 20.3 Å². The number of hydrogen-bond acceptors (Lipinski definition) is 5. The highest BCUT2D eigenvalue weighted by Crippen LogP contribution is 2.28. The number of para-hydroxylation sites is 1. The van der Waals surface area contributed by atoms with E-state index in [1.807, 2.05) is 18.2 Å². The normalized spacial score (nSPS) is 12.3. The number of nitrogens with zero attached hydrogens (tertiary/aromatic N) is 1. The molecular weight excluding hydrogens is 414 g/mol. The molecule has 1 aliphatic heterocycles. The summed E-state index contributed by atoms with van der Waals surface area (Å²) in [6.07, 6.45) is 0. The van der Waals surface area contributed by atoms with Crippen molar-refractivity contribution < 1.29 is 19.1 Å².